The van der Waals surface area contributed by atoms with E-state index in [1.807, 2.05) is 30.3 Å². The molecule has 1 aromatic rings. The third-order valence-corrected chi connectivity index (χ3v) is 9.72. The van der Waals surface area contributed by atoms with Crippen LogP contribution in [0.4, 0.5) is 0 Å². The van der Waals surface area contributed by atoms with Gasteiger partial charge >= 0.3 is 5.97 Å². The quantitative estimate of drug-likeness (QED) is 0.497. The second-order valence-corrected chi connectivity index (χ2v) is 13.0. The molecule has 1 unspecified atom stereocenters. The van der Waals surface area contributed by atoms with Crippen molar-refractivity contribution in [2.45, 2.75) is 58.2 Å². The number of hydrogen-bond acceptors (Lipinski definition) is 4. The molecule has 0 spiro atoms. The van der Waals surface area contributed by atoms with Gasteiger partial charge in [0.1, 0.15) is 0 Å². The summed E-state index contributed by atoms with van der Waals surface area (Å²) in [5.41, 5.74) is 0.233. The summed E-state index contributed by atoms with van der Waals surface area (Å²) in [5.74, 6) is -0.357. The molecule has 0 N–H and O–H groups in total. The van der Waals surface area contributed by atoms with E-state index in [2.05, 4.69) is 39.9 Å². The number of carbonyl (C=O) groups is 1. The lowest BCUT2D eigenvalue weighted by atomic mass is 9.77. The molecule has 25 heavy (non-hydrogen) atoms. The predicted molar refractivity (Wildman–Crippen MR) is 103 cm³/mol. The minimum atomic E-state index is -1.88. The van der Waals surface area contributed by atoms with E-state index in [1.54, 1.807) is 0 Å². The van der Waals surface area contributed by atoms with Crippen molar-refractivity contribution in [1.29, 1.82) is 5.26 Å². The summed E-state index contributed by atoms with van der Waals surface area (Å²) in [5, 5.41) is 9.98. The highest BCUT2D eigenvalue weighted by Crippen LogP contribution is 2.38. The minimum absolute atomic E-state index is 0.0791. The van der Waals surface area contributed by atoms with Crippen LogP contribution in [0.1, 0.15) is 39.2 Å². The molecule has 138 valence electrons. The van der Waals surface area contributed by atoms with E-state index in [0.717, 1.165) is 5.56 Å². The van der Waals surface area contributed by atoms with E-state index in [0.29, 0.717) is 19.4 Å². The van der Waals surface area contributed by atoms with Gasteiger partial charge in [-0.2, -0.15) is 5.26 Å². The molecule has 1 rings (SSSR count). The van der Waals surface area contributed by atoms with Gasteiger partial charge in [0, 0.05) is 6.61 Å². The van der Waals surface area contributed by atoms with Crippen molar-refractivity contribution in [3.05, 3.63) is 35.9 Å². The Hall–Kier alpha value is -1.64. The molecule has 0 radical (unpaired) electrons. The van der Waals surface area contributed by atoms with E-state index in [1.165, 1.54) is 7.11 Å². The second-order valence-electron chi connectivity index (χ2n) is 8.17. The normalized spacial score (nSPS) is 14.4. The van der Waals surface area contributed by atoms with Gasteiger partial charge in [-0.15, -0.1) is 0 Å². The van der Waals surface area contributed by atoms with Crippen molar-refractivity contribution < 1.29 is 14.0 Å². The molecule has 4 nitrogen and oxygen atoms in total. The Kier molecular flexibility index (Phi) is 7.39. The molecular weight excluding hydrogens is 330 g/mol. The Balaban J connectivity index is 2.91. The monoisotopic (exact) mass is 361 g/mol. The first-order valence-corrected chi connectivity index (χ1v) is 11.6. The fraction of sp³-hybridized carbons (Fsp3) is 0.600. The molecule has 0 amide bonds. The number of methoxy groups -OCH3 is 1. The van der Waals surface area contributed by atoms with Gasteiger partial charge in [0.25, 0.3) is 0 Å². The van der Waals surface area contributed by atoms with E-state index in [-0.39, 0.29) is 17.4 Å². The van der Waals surface area contributed by atoms with Crippen LogP contribution in [0.5, 0.6) is 0 Å². The highest BCUT2D eigenvalue weighted by molar-refractivity contribution is 6.74. The predicted octanol–water partition coefficient (Wildman–Crippen LogP) is 4.71. The summed E-state index contributed by atoms with van der Waals surface area (Å²) in [6.07, 6.45) is 1.11. The number of hydrogen-bond donors (Lipinski definition) is 0. The van der Waals surface area contributed by atoms with Crippen LogP contribution in [-0.2, 0) is 20.4 Å². The first-order chi connectivity index (χ1) is 11.6. The Morgan fingerprint density at radius 3 is 2.28 bits per heavy atom. The Morgan fingerprint density at radius 2 is 1.80 bits per heavy atom. The van der Waals surface area contributed by atoms with Crippen LogP contribution in [0.3, 0.4) is 0 Å². The summed E-state index contributed by atoms with van der Waals surface area (Å²) < 4.78 is 11.1. The van der Waals surface area contributed by atoms with Crippen LogP contribution in [0.2, 0.25) is 18.1 Å². The highest BCUT2D eigenvalue weighted by Gasteiger charge is 2.39. The van der Waals surface area contributed by atoms with Gasteiger partial charge in [0.2, 0.25) is 0 Å². The molecule has 0 aromatic heterocycles. The van der Waals surface area contributed by atoms with Crippen molar-refractivity contribution in [1.82, 2.24) is 0 Å². The Bertz CT molecular complexity index is 602. The van der Waals surface area contributed by atoms with Crippen LogP contribution in [0, 0.1) is 16.7 Å². The maximum Gasteiger partial charge on any atom is 0.307 e. The molecule has 1 aromatic carbocycles. The van der Waals surface area contributed by atoms with Gasteiger partial charge in [-0.05, 0) is 36.5 Å². The van der Waals surface area contributed by atoms with Crippen molar-refractivity contribution in [3.8, 4) is 6.07 Å². The first kappa shape index (κ1) is 21.4. The number of esters is 1. The van der Waals surface area contributed by atoms with Crippen molar-refractivity contribution in [2.75, 3.05) is 13.7 Å². The molecule has 0 heterocycles. The van der Waals surface area contributed by atoms with Gasteiger partial charge in [0.05, 0.1) is 25.0 Å². The van der Waals surface area contributed by atoms with Crippen LogP contribution >= 0.6 is 0 Å². The van der Waals surface area contributed by atoms with Gasteiger partial charge in [0.15, 0.2) is 8.32 Å². The molecule has 0 saturated heterocycles. The lowest BCUT2D eigenvalue weighted by Crippen LogP contribution is -2.42. The lowest BCUT2D eigenvalue weighted by Gasteiger charge is -2.37. The smallest absolute Gasteiger partial charge is 0.307 e. The topological polar surface area (TPSA) is 59.3 Å². The zero-order valence-electron chi connectivity index (χ0n) is 16.4. The average molecular weight is 362 g/mol. The summed E-state index contributed by atoms with van der Waals surface area (Å²) >= 11 is 0. The maximum absolute atomic E-state index is 11.9. The third kappa shape index (κ3) is 6.30. The molecule has 0 bridgehead atoms. The number of benzene rings is 1. The molecule has 0 aliphatic rings. The Labute approximate surface area is 153 Å². The average Bonchev–Trinajstić information content (AvgIpc) is 2.54. The molecule has 5 heteroatoms. The zero-order valence-corrected chi connectivity index (χ0v) is 17.4. The van der Waals surface area contributed by atoms with E-state index < -0.39 is 13.7 Å². The summed E-state index contributed by atoms with van der Waals surface area (Å²) in [6.45, 7) is 11.4. The van der Waals surface area contributed by atoms with Gasteiger partial charge in [-0.3, -0.25) is 4.79 Å². The lowest BCUT2D eigenvalue weighted by molar-refractivity contribution is -0.142. The van der Waals surface area contributed by atoms with Crippen LogP contribution < -0.4 is 0 Å². The number of ether oxygens (including phenoxy) is 1. The number of nitrogens with zero attached hydrogens (tertiary/aromatic N) is 1. The van der Waals surface area contributed by atoms with Gasteiger partial charge < -0.3 is 9.16 Å². The van der Waals surface area contributed by atoms with Crippen molar-refractivity contribution in [2.24, 2.45) is 5.41 Å². The number of rotatable bonds is 8. The summed E-state index contributed by atoms with van der Waals surface area (Å²) in [7, 11) is -0.523. The fourth-order valence-corrected chi connectivity index (χ4v) is 3.47. The van der Waals surface area contributed by atoms with Crippen LogP contribution in [-0.4, -0.2) is 28.0 Å². The molecule has 1 atom stereocenters. The zero-order chi connectivity index (χ0) is 19.1. The SMILES string of the molecule is COC(=O)CC(C#N)(CCO[Si](C)(C)C(C)(C)C)Cc1ccccc1. The highest BCUT2D eigenvalue weighted by atomic mass is 28.4. The Morgan fingerprint density at radius 1 is 1.20 bits per heavy atom. The van der Waals surface area contributed by atoms with Crippen molar-refractivity contribution in [3.63, 3.8) is 0 Å². The summed E-state index contributed by atoms with van der Waals surface area (Å²) in [6, 6.07) is 12.2. The van der Waals surface area contributed by atoms with E-state index >= 15 is 0 Å². The fourth-order valence-electron chi connectivity index (χ4n) is 2.43. The van der Waals surface area contributed by atoms with Crippen LogP contribution in [0.25, 0.3) is 0 Å². The molecule has 0 aliphatic heterocycles. The standard InChI is InChI=1S/C20H31NO3Si/c1-19(2,3)25(5,6)24-13-12-20(16-21,15-18(22)23-4)14-17-10-8-7-9-11-17/h7-11H,12-15H2,1-6H3. The number of nitriles is 1. The minimum Gasteiger partial charge on any atom is -0.469 e. The van der Waals surface area contributed by atoms with Gasteiger partial charge in [-0.1, -0.05) is 51.1 Å². The van der Waals surface area contributed by atoms with Gasteiger partial charge in [-0.25, -0.2) is 0 Å². The van der Waals surface area contributed by atoms with E-state index in [9.17, 15) is 10.1 Å². The molecular formula is C20H31NO3Si. The largest absolute Gasteiger partial charge is 0.469 e. The molecule has 0 saturated carbocycles. The first-order valence-electron chi connectivity index (χ1n) is 8.71. The van der Waals surface area contributed by atoms with E-state index in [4.69, 9.17) is 9.16 Å². The maximum atomic E-state index is 11.9. The third-order valence-electron chi connectivity index (χ3n) is 5.18. The van der Waals surface area contributed by atoms with Crippen LogP contribution in [0.15, 0.2) is 30.3 Å². The summed E-state index contributed by atoms with van der Waals surface area (Å²) in [4.78, 5) is 11.9. The van der Waals surface area contributed by atoms with Crippen molar-refractivity contribution >= 4 is 14.3 Å². The molecule has 0 aliphatic carbocycles. The number of carbonyl (C=O) groups excluding carboxylic acids is 1. The second kappa shape index (κ2) is 8.64. The molecule has 0 fully saturated rings.